The molecule has 0 aromatic rings. The third kappa shape index (κ3) is 4.48. The molecule has 0 heterocycles. The number of rotatable bonds is 6. The summed E-state index contributed by atoms with van der Waals surface area (Å²) in [6.07, 6.45) is 3.84. The summed E-state index contributed by atoms with van der Waals surface area (Å²) >= 11 is 0. The zero-order valence-corrected chi connectivity index (χ0v) is 7.95. The number of aliphatic hydroxyl groups is 1. The van der Waals surface area contributed by atoms with E-state index in [1.807, 2.05) is 0 Å². The highest BCUT2D eigenvalue weighted by molar-refractivity contribution is 5.70. The number of carbonyl (C=O) groups is 1. The molecule has 0 spiro atoms. The molecule has 0 saturated carbocycles. The van der Waals surface area contributed by atoms with Crippen LogP contribution in [0.25, 0.3) is 0 Å². The second-order valence-corrected chi connectivity index (χ2v) is 2.96. The van der Waals surface area contributed by atoms with Crippen LogP contribution in [0.2, 0.25) is 0 Å². The largest absolute Gasteiger partial charge is 0.469 e. The average molecular weight is 184 g/mol. The third-order valence-corrected chi connectivity index (χ3v) is 1.75. The highest BCUT2D eigenvalue weighted by Gasteiger charge is 2.27. The fourth-order valence-electron chi connectivity index (χ4n) is 1.11. The van der Waals surface area contributed by atoms with E-state index in [4.69, 9.17) is 0 Å². The topological polar surface area (TPSA) is 46.5 Å². The molecule has 0 bridgehead atoms. The molecule has 0 unspecified atom stereocenters. The SMILES string of the molecule is C=CCC(O)(CC=C)CC(=O)OC. The fourth-order valence-corrected chi connectivity index (χ4v) is 1.11. The Balaban J connectivity index is 4.29. The first-order valence-corrected chi connectivity index (χ1v) is 4.09. The monoisotopic (exact) mass is 184 g/mol. The molecular weight excluding hydrogens is 168 g/mol. The van der Waals surface area contributed by atoms with Crippen LogP contribution in [-0.4, -0.2) is 23.8 Å². The number of methoxy groups -OCH3 is 1. The molecule has 0 fully saturated rings. The Hall–Kier alpha value is -1.09. The summed E-state index contributed by atoms with van der Waals surface area (Å²) in [5.41, 5.74) is -1.09. The molecule has 0 aliphatic carbocycles. The summed E-state index contributed by atoms with van der Waals surface area (Å²) in [4.78, 5) is 10.9. The van der Waals surface area contributed by atoms with Crippen LogP contribution in [0.5, 0.6) is 0 Å². The Morgan fingerprint density at radius 2 is 1.92 bits per heavy atom. The van der Waals surface area contributed by atoms with Crippen LogP contribution in [0.3, 0.4) is 0 Å². The first kappa shape index (κ1) is 11.9. The Morgan fingerprint density at radius 1 is 1.46 bits per heavy atom. The van der Waals surface area contributed by atoms with Gasteiger partial charge >= 0.3 is 5.97 Å². The lowest BCUT2D eigenvalue weighted by molar-refractivity contribution is -0.145. The van der Waals surface area contributed by atoms with E-state index >= 15 is 0 Å². The first-order chi connectivity index (χ1) is 6.08. The maximum absolute atomic E-state index is 10.9. The summed E-state index contributed by atoms with van der Waals surface area (Å²) in [5, 5.41) is 9.87. The van der Waals surface area contributed by atoms with Gasteiger partial charge in [-0.3, -0.25) is 4.79 Å². The van der Waals surface area contributed by atoms with Crippen molar-refractivity contribution >= 4 is 5.97 Å². The molecular formula is C10H16O3. The lowest BCUT2D eigenvalue weighted by Gasteiger charge is -2.23. The molecule has 0 radical (unpaired) electrons. The van der Waals surface area contributed by atoms with Gasteiger partial charge in [0, 0.05) is 0 Å². The summed E-state index contributed by atoms with van der Waals surface area (Å²) in [5.74, 6) is -0.425. The minimum absolute atomic E-state index is 0.0263. The number of hydrogen-bond donors (Lipinski definition) is 1. The Morgan fingerprint density at radius 3 is 2.23 bits per heavy atom. The van der Waals surface area contributed by atoms with E-state index in [-0.39, 0.29) is 6.42 Å². The summed E-state index contributed by atoms with van der Waals surface area (Å²) in [6, 6.07) is 0. The van der Waals surface area contributed by atoms with E-state index in [2.05, 4.69) is 17.9 Å². The van der Waals surface area contributed by atoms with E-state index < -0.39 is 11.6 Å². The minimum atomic E-state index is -1.09. The summed E-state index contributed by atoms with van der Waals surface area (Å²) < 4.78 is 4.47. The second-order valence-electron chi connectivity index (χ2n) is 2.96. The van der Waals surface area contributed by atoms with Crippen molar-refractivity contribution in [2.75, 3.05) is 7.11 Å². The van der Waals surface area contributed by atoms with Crippen LogP contribution in [0.4, 0.5) is 0 Å². The standard InChI is InChI=1S/C10H16O3/c1-4-6-10(12,7-5-2)8-9(11)13-3/h4-5,12H,1-2,6-8H2,3H3. The Labute approximate surface area is 78.7 Å². The zero-order valence-electron chi connectivity index (χ0n) is 7.95. The molecule has 3 heteroatoms. The molecule has 0 aliphatic heterocycles. The molecule has 74 valence electrons. The minimum Gasteiger partial charge on any atom is -0.469 e. The van der Waals surface area contributed by atoms with E-state index in [0.717, 1.165) is 0 Å². The predicted molar refractivity (Wildman–Crippen MR) is 51.2 cm³/mol. The highest BCUT2D eigenvalue weighted by atomic mass is 16.5. The predicted octanol–water partition coefficient (Wildman–Crippen LogP) is 1.43. The van der Waals surface area contributed by atoms with Gasteiger partial charge in [-0.05, 0) is 12.8 Å². The van der Waals surface area contributed by atoms with E-state index in [9.17, 15) is 9.90 Å². The molecule has 3 nitrogen and oxygen atoms in total. The van der Waals surface area contributed by atoms with Crippen molar-refractivity contribution < 1.29 is 14.6 Å². The van der Waals surface area contributed by atoms with Crippen molar-refractivity contribution in [1.29, 1.82) is 0 Å². The van der Waals surface area contributed by atoms with Gasteiger partial charge in [0.2, 0.25) is 0 Å². The molecule has 0 aromatic heterocycles. The van der Waals surface area contributed by atoms with Crippen LogP contribution in [-0.2, 0) is 9.53 Å². The smallest absolute Gasteiger partial charge is 0.308 e. The third-order valence-electron chi connectivity index (χ3n) is 1.75. The highest BCUT2D eigenvalue weighted by Crippen LogP contribution is 2.21. The maximum atomic E-state index is 10.9. The fraction of sp³-hybridized carbons (Fsp3) is 0.500. The molecule has 0 aromatic carbocycles. The van der Waals surface area contributed by atoms with Gasteiger partial charge in [-0.2, -0.15) is 0 Å². The summed E-state index contributed by atoms with van der Waals surface area (Å²) in [6.45, 7) is 7.03. The molecule has 0 amide bonds. The molecule has 13 heavy (non-hydrogen) atoms. The molecule has 0 rings (SSSR count). The first-order valence-electron chi connectivity index (χ1n) is 4.09. The number of carbonyl (C=O) groups excluding carboxylic acids is 1. The van der Waals surface area contributed by atoms with Gasteiger partial charge in [0.1, 0.15) is 0 Å². The van der Waals surface area contributed by atoms with Crippen LogP contribution in [0.15, 0.2) is 25.3 Å². The van der Waals surface area contributed by atoms with Crippen molar-refractivity contribution in [1.82, 2.24) is 0 Å². The van der Waals surface area contributed by atoms with Gasteiger partial charge in [0.25, 0.3) is 0 Å². The second kappa shape index (κ2) is 5.54. The Bertz CT molecular complexity index is 186. The summed E-state index contributed by atoms with van der Waals surface area (Å²) in [7, 11) is 1.30. The van der Waals surface area contributed by atoms with Gasteiger partial charge in [-0.25, -0.2) is 0 Å². The van der Waals surface area contributed by atoms with Crippen molar-refractivity contribution in [2.45, 2.75) is 24.9 Å². The van der Waals surface area contributed by atoms with Crippen molar-refractivity contribution in [3.05, 3.63) is 25.3 Å². The van der Waals surface area contributed by atoms with Crippen molar-refractivity contribution in [3.8, 4) is 0 Å². The molecule has 0 saturated heterocycles. The maximum Gasteiger partial charge on any atom is 0.308 e. The van der Waals surface area contributed by atoms with Gasteiger partial charge in [-0.15, -0.1) is 13.2 Å². The van der Waals surface area contributed by atoms with Crippen molar-refractivity contribution in [3.63, 3.8) is 0 Å². The van der Waals surface area contributed by atoms with E-state index in [0.29, 0.717) is 12.8 Å². The van der Waals surface area contributed by atoms with Crippen molar-refractivity contribution in [2.24, 2.45) is 0 Å². The lowest BCUT2D eigenvalue weighted by atomic mass is 9.92. The molecule has 0 atom stereocenters. The molecule has 0 aliphatic rings. The number of hydrogen-bond acceptors (Lipinski definition) is 3. The molecule has 1 N–H and O–H groups in total. The van der Waals surface area contributed by atoms with Gasteiger partial charge < -0.3 is 9.84 Å². The quantitative estimate of drug-likeness (QED) is 0.502. The van der Waals surface area contributed by atoms with Gasteiger partial charge in [0.05, 0.1) is 19.1 Å². The van der Waals surface area contributed by atoms with Crippen LogP contribution in [0.1, 0.15) is 19.3 Å². The lowest BCUT2D eigenvalue weighted by Crippen LogP contribution is -2.31. The van der Waals surface area contributed by atoms with Crippen LogP contribution in [0, 0.1) is 0 Å². The van der Waals surface area contributed by atoms with Crippen LogP contribution >= 0.6 is 0 Å². The number of ether oxygens (including phenoxy) is 1. The average Bonchev–Trinajstić information content (AvgIpc) is 2.04. The number of esters is 1. The van der Waals surface area contributed by atoms with Crippen LogP contribution < -0.4 is 0 Å². The Kier molecular flexibility index (Phi) is 5.07. The van der Waals surface area contributed by atoms with Gasteiger partial charge in [0.15, 0.2) is 0 Å². The van der Waals surface area contributed by atoms with Gasteiger partial charge in [-0.1, -0.05) is 12.2 Å². The normalized spacial score (nSPS) is 10.6. The zero-order chi connectivity index (χ0) is 10.3. The van der Waals surface area contributed by atoms with E-state index in [1.165, 1.54) is 7.11 Å². The van der Waals surface area contributed by atoms with E-state index in [1.54, 1.807) is 12.2 Å².